The lowest BCUT2D eigenvalue weighted by Crippen LogP contribution is -2.17. The summed E-state index contributed by atoms with van der Waals surface area (Å²) in [4.78, 5) is 13.8. The second kappa shape index (κ2) is 7.34. The summed E-state index contributed by atoms with van der Waals surface area (Å²) in [6.07, 6.45) is 1.43. The highest BCUT2D eigenvalue weighted by Crippen LogP contribution is 2.19. The van der Waals surface area contributed by atoms with Gasteiger partial charge in [-0.05, 0) is 48.5 Å². The van der Waals surface area contributed by atoms with Crippen molar-refractivity contribution in [3.05, 3.63) is 65.3 Å². The molecule has 0 saturated heterocycles. The number of aromatic hydroxyl groups is 1. The molecule has 0 atom stereocenters. The number of carbonyl (C=O) groups excluding carboxylic acids is 1. The van der Waals surface area contributed by atoms with Crippen molar-refractivity contribution in [3.63, 3.8) is 0 Å². The van der Waals surface area contributed by atoms with Gasteiger partial charge >= 0.3 is 0 Å². The molecule has 6 heteroatoms. The fraction of sp³-hybridized carbons (Fsp3) is 0.0588. The average molecular weight is 328 g/mol. The highest BCUT2D eigenvalue weighted by molar-refractivity contribution is 6.30. The highest BCUT2D eigenvalue weighted by atomic mass is 35.5. The van der Waals surface area contributed by atoms with E-state index < -0.39 is 5.91 Å². The molecule has 116 valence electrons. The molecule has 5 nitrogen and oxygen atoms in total. The fourth-order valence-corrected chi connectivity index (χ4v) is 1.95. The van der Waals surface area contributed by atoms with Crippen LogP contribution in [0.4, 0.5) is 11.4 Å². The van der Waals surface area contributed by atoms with E-state index >= 15 is 0 Å². The number of amides is 1. The average Bonchev–Trinajstić information content (AvgIpc) is 2.55. The third-order valence-electron chi connectivity index (χ3n) is 3.05. The molecular formula is C17H14ClN3O2. The Hall–Kier alpha value is -2.97. The third-order valence-corrected chi connectivity index (χ3v) is 3.30. The van der Waals surface area contributed by atoms with Gasteiger partial charge in [-0.1, -0.05) is 11.6 Å². The quantitative estimate of drug-likeness (QED) is 0.665. The molecule has 2 aromatic carbocycles. The molecule has 0 aliphatic carbocycles. The zero-order valence-electron chi connectivity index (χ0n) is 12.3. The lowest BCUT2D eigenvalue weighted by Gasteiger charge is -2.15. The summed E-state index contributed by atoms with van der Waals surface area (Å²) in [5, 5.41) is 21.7. The van der Waals surface area contributed by atoms with Crippen molar-refractivity contribution in [1.29, 1.82) is 5.26 Å². The van der Waals surface area contributed by atoms with E-state index in [0.29, 0.717) is 10.7 Å². The van der Waals surface area contributed by atoms with Crippen molar-refractivity contribution in [2.24, 2.45) is 0 Å². The number of carbonyl (C=O) groups is 1. The van der Waals surface area contributed by atoms with E-state index in [1.54, 1.807) is 48.3 Å². The first-order chi connectivity index (χ1) is 11.0. The van der Waals surface area contributed by atoms with Gasteiger partial charge in [0.05, 0.1) is 0 Å². The zero-order valence-corrected chi connectivity index (χ0v) is 13.1. The minimum atomic E-state index is -0.513. The van der Waals surface area contributed by atoms with Crippen molar-refractivity contribution in [3.8, 4) is 11.8 Å². The predicted molar refractivity (Wildman–Crippen MR) is 90.3 cm³/mol. The van der Waals surface area contributed by atoms with Gasteiger partial charge in [-0.3, -0.25) is 4.79 Å². The molecule has 0 bridgehead atoms. The number of phenols is 1. The van der Waals surface area contributed by atoms with Crippen LogP contribution in [0.3, 0.4) is 0 Å². The topological polar surface area (TPSA) is 76.4 Å². The SMILES string of the molecule is CN(/C=C(/C#N)C(=O)Nc1ccc(Cl)cc1)c1ccc(O)cc1. The second-order valence-corrected chi connectivity index (χ2v) is 5.18. The Labute approximate surface area is 139 Å². The van der Waals surface area contributed by atoms with Gasteiger partial charge in [-0.2, -0.15) is 5.26 Å². The van der Waals surface area contributed by atoms with Gasteiger partial charge in [0.15, 0.2) is 0 Å². The van der Waals surface area contributed by atoms with Crippen molar-refractivity contribution in [2.45, 2.75) is 0 Å². The Bertz CT molecular complexity index is 762. The van der Waals surface area contributed by atoms with Crippen molar-refractivity contribution >= 4 is 28.9 Å². The molecule has 23 heavy (non-hydrogen) atoms. The summed E-state index contributed by atoms with van der Waals surface area (Å²) in [7, 11) is 1.71. The molecule has 2 aromatic rings. The van der Waals surface area contributed by atoms with E-state index in [-0.39, 0.29) is 11.3 Å². The van der Waals surface area contributed by atoms with E-state index in [1.165, 1.54) is 18.3 Å². The maximum atomic E-state index is 12.1. The summed E-state index contributed by atoms with van der Waals surface area (Å²) in [6.45, 7) is 0. The van der Waals surface area contributed by atoms with Gasteiger partial charge in [0.25, 0.3) is 5.91 Å². The number of anilines is 2. The number of halogens is 1. The molecule has 0 heterocycles. The van der Waals surface area contributed by atoms with Gasteiger partial charge < -0.3 is 15.3 Å². The van der Waals surface area contributed by atoms with Crippen molar-refractivity contribution in [2.75, 3.05) is 17.3 Å². The van der Waals surface area contributed by atoms with Crippen LogP contribution in [-0.2, 0) is 4.79 Å². The van der Waals surface area contributed by atoms with Crippen LogP contribution in [0.1, 0.15) is 0 Å². The Balaban J connectivity index is 2.14. The Morgan fingerprint density at radius 3 is 2.39 bits per heavy atom. The molecule has 0 saturated carbocycles. The lowest BCUT2D eigenvalue weighted by atomic mass is 10.2. The molecule has 0 aliphatic rings. The van der Waals surface area contributed by atoms with Crippen LogP contribution >= 0.6 is 11.6 Å². The Kier molecular flexibility index (Phi) is 5.23. The van der Waals surface area contributed by atoms with E-state index in [2.05, 4.69) is 5.32 Å². The van der Waals surface area contributed by atoms with Crippen LogP contribution in [0.15, 0.2) is 60.3 Å². The number of rotatable bonds is 4. The fourth-order valence-electron chi connectivity index (χ4n) is 1.83. The van der Waals surface area contributed by atoms with E-state index in [1.807, 2.05) is 6.07 Å². The largest absolute Gasteiger partial charge is 0.508 e. The molecule has 1 amide bonds. The second-order valence-electron chi connectivity index (χ2n) is 4.74. The molecule has 0 spiro atoms. The van der Waals surface area contributed by atoms with Crippen LogP contribution in [0.2, 0.25) is 5.02 Å². The number of benzene rings is 2. The maximum absolute atomic E-state index is 12.1. The van der Waals surface area contributed by atoms with Crippen LogP contribution in [-0.4, -0.2) is 18.1 Å². The maximum Gasteiger partial charge on any atom is 0.267 e. The molecular weight excluding hydrogens is 314 g/mol. The molecule has 2 N–H and O–H groups in total. The number of hydrogen-bond acceptors (Lipinski definition) is 4. The normalized spacial score (nSPS) is 10.7. The number of nitriles is 1. The van der Waals surface area contributed by atoms with Gasteiger partial charge in [0, 0.05) is 29.6 Å². The van der Waals surface area contributed by atoms with E-state index in [9.17, 15) is 15.2 Å². The van der Waals surface area contributed by atoms with E-state index in [4.69, 9.17) is 11.6 Å². The third kappa shape index (κ3) is 4.50. The summed E-state index contributed by atoms with van der Waals surface area (Å²) >= 11 is 5.78. The Morgan fingerprint density at radius 2 is 1.83 bits per heavy atom. The molecule has 0 fully saturated rings. The van der Waals surface area contributed by atoms with Crippen molar-refractivity contribution < 1.29 is 9.90 Å². The standard InChI is InChI=1S/C17H14ClN3O2/c1-21(15-6-8-16(22)9-7-15)11-12(10-19)17(23)20-14-4-2-13(18)3-5-14/h2-9,11,22H,1H3,(H,20,23)/b12-11-. The summed E-state index contributed by atoms with van der Waals surface area (Å²) in [5.41, 5.74) is 1.23. The summed E-state index contributed by atoms with van der Waals surface area (Å²) < 4.78 is 0. The van der Waals surface area contributed by atoms with Crippen molar-refractivity contribution in [1.82, 2.24) is 0 Å². The van der Waals surface area contributed by atoms with Crippen LogP contribution < -0.4 is 10.2 Å². The predicted octanol–water partition coefficient (Wildman–Crippen LogP) is 3.53. The first-order valence-corrected chi connectivity index (χ1v) is 7.08. The zero-order chi connectivity index (χ0) is 16.8. The summed E-state index contributed by atoms with van der Waals surface area (Å²) in [5.74, 6) is -0.368. The molecule has 0 unspecified atom stereocenters. The van der Waals surface area contributed by atoms with Crippen LogP contribution in [0, 0.1) is 11.3 Å². The smallest absolute Gasteiger partial charge is 0.267 e. The number of phenolic OH excluding ortho intramolecular Hbond substituents is 1. The van der Waals surface area contributed by atoms with E-state index in [0.717, 1.165) is 5.69 Å². The number of nitrogens with one attached hydrogen (secondary N) is 1. The van der Waals surface area contributed by atoms with Gasteiger partial charge in [0.2, 0.25) is 0 Å². The minimum Gasteiger partial charge on any atom is -0.508 e. The molecule has 0 aromatic heterocycles. The summed E-state index contributed by atoms with van der Waals surface area (Å²) in [6, 6.07) is 14.9. The van der Waals surface area contributed by atoms with Crippen LogP contribution in [0.25, 0.3) is 0 Å². The first kappa shape index (κ1) is 16.4. The van der Waals surface area contributed by atoms with Gasteiger partial charge in [0.1, 0.15) is 17.4 Å². The number of nitrogens with zero attached hydrogens (tertiary/aromatic N) is 2. The minimum absolute atomic E-state index is 0.0458. The molecule has 2 rings (SSSR count). The lowest BCUT2D eigenvalue weighted by molar-refractivity contribution is -0.112. The van der Waals surface area contributed by atoms with Gasteiger partial charge in [-0.25, -0.2) is 0 Å². The Morgan fingerprint density at radius 1 is 1.22 bits per heavy atom. The molecule has 0 aliphatic heterocycles. The first-order valence-electron chi connectivity index (χ1n) is 6.70. The van der Waals surface area contributed by atoms with Gasteiger partial charge in [-0.15, -0.1) is 0 Å². The monoisotopic (exact) mass is 327 g/mol. The molecule has 0 radical (unpaired) electrons. The highest BCUT2D eigenvalue weighted by Gasteiger charge is 2.11. The van der Waals surface area contributed by atoms with Crippen LogP contribution in [0.5, 0.6) is 5.75 Å². The number of hydrogen-bond donors (Lipinski definition) is 2.